The summed E-state index contributed by atoms with van der Waals surface area (Å²) in [7, 11) is 0. The van der Waals surface area contributed by atoms with Crippen molar-refractivity contribution < 1.29 is 0 Å². The summed E-state index contributed by atoms with van der Waals surface area (Å²) in [6.45, 7) is 3.99. The van der Waals surface area contributed by atoms with E-state index in [0.717, 1.165) is 22.6 Å². The van der Waals surface area contributed by atoms with Crippen molar-refractivity contribution in [2.45, 2.75) is 13.8 Å². The summed E-state index contributed by atoms with van der Waals surface area (Å²) >= 11 is 10.9. The van der Waals surface area contributed by atoms with Crippen molar-refractivity contribution in [3.8, 4) is 5.82 Å². The van der Waals surface area contributed by atoms with Crippen LogP contribution in [0.2, 0.25) is 0 Å². The van der Waals surface area contributed by atoms with Crippen LogP contribution in [0, 0.1) is 23.4 Å². The van der Waals surface area contributed by atoms with Gasteiger partial charge in [0, 0.05) is 12.4 Å². The van der Waals surface area contributed by atoms with Crippen molar-refractivity contribution in [3.05, 3.63) is 57.3 Å². The van der Waals surface area contributed by atoms with E-state index in [0.29, 0.717) is 9.54 Å². The molecule has 20 heavy (non-hydrogen) atoms. The molecule has 3 aromatic rings. The number of fused-ring (bicyclic) bond motifs is 1. The van der Waals surface area contributed by atoms with E-state index in [4.69, 9.17) is 24.4 Å². The number of nitrogens with zero attached hydrogens (tertiary/aromatic N) is 4. The van der Waals surface area contributed by atoms with E-state index in [1.165, 1.54) is 0 Å². The quantitative estimate of drug-likeness (QED) is 0.643. The zero-order chi connectivity index (χ0) is 14.3. The second-order valence-corrected chi connectivity index (χ2v) is 5.32. The smallest absolute Gasteiger partial charge is 0.209 e. The molecule has 6 heteroatoms. The second-order valence-electron chi connectivity index (χ2n) is 4.59. The lowest BCUT2D eigenvalue weighted by atomic mass is 10.3. The zero-order valence-electron chi connectivity index (χ0n) is 11.1. The average molecular weight is 300 g/mol. The lowest BCUT2D eigenvalue weighted by Crippen LogP contribution is -2.10. The van der Waals surface area contributed by atoms with Crippen molar-refractivity contribution in [3.63, 3.8) is 0 Å². The standard InChI is InChI=1S/C14H12N4S2/c1-9-5-7-17-11(8-9)16-13(19)18(14(17)20)12-10(2)4-3-6-15-12/h3-8H,1-2H3. The average Bonchev–Trinajstić information content (AvgIpc) is 2.40. The molecule has 0 aliphatic heterocycles. The van der Waals surface area contributed by atoms with Crippen LogP contribution in [-0.4, -0.2) is 18.9 Å². The summed E-state index contributed by atoms with van der Waals surface area (Å²) in [6, 6.07) is 7.81. The summed E-state index contributed by atoms with van der Waals surface area (Å²) in [4.78, 5) is 8.82. The zero-order valence-corrected chi connectivity index (χ0v) is 12.7. The fourth-order valence-corrected chi connectivity index (χ4v) is 2.72. The van der Waals surface area contributed by atoms with Crippen LogP contribution < -0.4 is 0 Å². The van der Waals surface area contributed by atoms with Crippen LogP contribution in [0.5, 0.6) is 0 Å². The van der Waals surface area contributed by atoms with Crippen LogP contribution in [0.3, 0.4) is 0 Å². The van der Waals surface area contributed by atoms with Gasteiger partial charge in [0.25, 0.3) is 0 Å². The number of aryl methyl sites for hydroxylation is 2. The van der Waals surface area contributed by atoms with Gasteiger partial charge in [0.05, 0.1) is 0 Å². The summed E-state index contributed by atoms with van der Waals surface area (Å²) in [5, 5.41) is 0. The van der Waals surface area contributed by atoms with Crippen molar-refractivity contribution in [1.82, 2.24) is 18.9 Å². The van der Waals surface area contributed by atoms with Gasteiger partial charge in [-0.3, -0.25) is 4.40 Å². The summed E-state index contributed by atoms with van der Waals surface area (Å²) < 4.78 is 4.55. The minimum absolute atomic E-state index is 0.419. The first kappa shape index (κ1) is 13.1. The molecule has 0 atom stereocenters. The molecule has 0 aromatic carbocycles. The predicted octanol–water partition coefficient (Wildman–Crippen LogP) is 3.60. The predicted molar refractivity (Wildman–Crippen MR) is 83.5 cm³/mol. The van der Waals surface area contributed by atoms with Crippen LogP contribution in [0.15, 0.2) is 36.7 Å². The third kappa shape index (κ3) is 2.07. The molecule has 0 N–H and O–H groups in total. The monoisotopic (exact) mass is 300 g/mol. The van der Waals surface area contributed by atoms with E-state index in [2.05, 4.69) is 9.97 Å². The summed E-state index contributed by atoms with van der Waals surface area (Å²) in [5.41, 5.74) is 2.88. The number of aromatic nitrogens is 4. The molecule has 0 bridgehead atoms. The molecule has 0 unspecified atom stereocenters. The van der Waals surface area contributed by atoms with E-state index >= 15 is 0 Å². The first-order chi connectivity index (χ1) is 9.58. The Labute approximate surface area is 126 Å². The second kappa shape index (κ2) is 4.88. The van der Waals surface area contributed by atoms with Crippen LogP contribution in [-0.2, 0) is 0 Å². The Morgan fingerprint density at radius 2 is 1.95 bits per heavy atom. The maximum absolute atomic E-state index is 5.55. The molecule has 4 nitrogen and oxygen atoms in total. The lowest BCUT2D eigenvalue weighted by molar-refractivity contribution is 0.825. The topological polar surface area (TPSA) is 35.1 Å². The van der Waals surface area contributed by atoms with E-state index in [9.17, 15) is 0 Å². The van der Waals surface area contributed by atoms with Gasteiger partial charge in [0.15, 0.2) is 4.77 Å². The molecule has 0 saturated heterocycles. The molecule has 0 aliphatic rings. The molecular weight excluding hydrogens is 288 g/mol. The Hall–Kier alpha value is -1.92. The van der Waals surface area contributed by atoms with Gasteiger partial charge in [-0.1, -0.05) is 6.07 Å². The van der Waals surface area contributed by atoms with Crippen molar-refractivity contribution >= 4 is 30.1 Å². The van der Waals surface area contributed by atoms with Crippen LogP contribution in [0.4, 0.5) is 0 Å². The van der Waals surface area contributed by atoms with E-state index in [1.54, 1.807) is 10.8 Å². The first-order valence-electron chi connectivity index (χ1n) is 6.12. The van der Waals surface area contributed by atoms with E-state index < -0.39 is 0 Å². The van der Waals surface area contributed by atoms with Gasteiger partial charge in [-0.25, -0.2) is 14.5 Å². The third-order valence-corrected chi connectivity index (χ3v) is 3.74. The third-order valence-electron chi connectivity index (χ3n) is 3.08. The number of pyridine rings is 2. The largest absolute Gasteiger partial charge is 0.278 e. The summed E-state index contributed by atoms with van der Waals surface area (Å²) in [5.74, 6) is 0.727. The minimum Gasteiger partial charge on any atom is -0.278 e. The Balaban J connectivity index is 2.44. The first-order valence-corrected chi connectivity index (χ1v) is 6.93. The maximum Gasteiger partial charge on any atom is 0.209 e. The molecule has 3 heterocycles. The Bertz CT molecular complexity index is 924. The van der Waals surface area contributed by atoms with Crippen molar-refractivity contribution in [2.75, 3.05) is 0 Å². The van der Waals surface area contributed by atoms with Gasteiger partial charge in [0.1, 0.15) is 11.5 Å². The molecule has 0 radical (unpaired) electrons. The van der Waals surface area contributed by atoms with E-state index in [-0.39, 0.29) is 0 Å². The molecule has 3 rings (SSSR count). The van der Waals surface area contributed by atoms with Crippen molar-refractivity contribution in [2.24, 2.45) is 0 Å². The Morgan fingerprint density at radius 3 is 2.70 bits per heavy atom. The number of rotatable bonds is 1. The molecule has 0 spiro atoms. The van der Waals surface area contributed by atoms with Gasteiger partial charge in [0.2, 0.25) is 4.77 Å². The molecule has 0 amide bonds. The highest BCUT2D eigenvalue weighted by Crippen LogP contribution is 2.13. The van der Waals surface area contributed by atoms with Gasteiger partial charge < -0.3 is 0 Å². The molecule has 0 fully saturated rings. The Morgan fingerprint density at radius 1 is 1.15 bits per heavy atom. The highest BCUT2D eigenvalue weighted by atomic mass is 32.1. The fourth-order valence-electron chi connectivity index (χ4n) is 2.07. The Kier molecular flexibility index (Phi) is 3.19. The van der Waals surface area contributed by atoms with Gasteiger partial charge in [-0.05, 0) is 67.6 Å². The number of hydrogen-bond acceptors (Lipinski definition) is 4. The highest BCUT2D eigenvalue weighted by molar-refractivity contribution is 7.72. The summed E-state index contributed by atoms with van der Waals surface area (Å²) in [6.07, 6.45) is 3.63. The van der Waals surface area contributed by atoms with Gasteiger partial charge in [-0.15, -0.1) is 0 Å². The fraction of sp³-hybridized carbons (Fsp3) is 0.143. The van der Waals surface area contributed by atoms with E-state index in [1.807, 2.05) is 48.7 Å². The minimum atomic E-state index is 0.419. The molecule has 0 aliphatic carbocycles. The van der Waals surface area contributed by atoms with Crippen LogP contribution in [0.1, 0.15) is 11.1 Å². The molecular formula is C14H12N4S2. The maximum atomic E-state index is 5.55. The highest BCUT2D eigenvalue weighted by Gasteiger charge is 2.08. The van der Waals surface area contributed by atoms with Crippen LogP contribution in [0.25, 0.3) is 11.5 Å². The number of hydrogen-bond donors (Lipinski definition) is 0. The van der Waals surface area contributed by atoms with Gasteiger partial charge in [-0.2, -0.15) is 0 Å². The SMILES string of the molecule is Cc1ccn2c(=S)n(-c3ncccc3C)c(=S)nc2c1. The molecule has 0 saturated carbocycles. The lowest BCUT2D eigenvalue weighted by Gasteiger charge is -2.11. The van der Waals surface area contributed by atoms with Crippen molar-refractivity contribution in [1.29, 1.82) is 0 Å². The normalized spacial score (nSPS) is 10.9. The molecule has 3 aromatic heterocycles. The van der Waals surface area contributed by atoms with Gasteiger partial charge >= 0.3 is 0 Å². The molecule has 100 valence electrons. The van der Waals surface area contributed by atoms with Crippen LogP contribution >= 0.6 is 24.4 Å².